The van der Waals surface area contributed by atoms with Gasteiger partial charge in [0.25, 0.3) is 0 Å². The predicted octanol–water partition coefficient (Wildman–Crippen LogP) is 4.96. The van der Waals surface area contributed by atoms with Crippen LogP contribution < -0.4 is 10.1 Å². The molecule has 1 saturated carbocycles. The first kappa shape index (κ1) is 16.8. The fraction of sp³-hybridized carbons (Fsp3) is 0.217. The molecular weight excluding hydrogens is 348 g/mol. The SMILES string of the molecule is Cc1cccc(OCC2=CC(=C3CC3)n3nc(-c4ccccc4)nc3N2)c1C. The number of rotatable bonds is 4. The number of nitrogens with one attached hydrogen (secondary N) is 1. The number of hydrogen-bond acceptors (Lipinski definition) is 4. The highest BCUT2D eigenvalue weighted by Crippen LogP contribution is 2.38. The number of allylic oxidation sites excluding steroid dienone is 3. The highest BCUT2D eigenvalue weighted by molar-refractivity contribution is 5.73. The van der Waals surface area contributed by atoms with Crippen molar-refractivity contribution in [3.8, 4) is 17.1 Å². The molecule has 2 heterocycles. The minimum absolute atomic E-state index is 0.467. The van der Waals surface area contributed by atoms with Gasteiger partial charge in [-0.15, -0.1) is 5.10 Å². The number of anilines is 1. The van der Waals surface area contributed by atoms with E-state index in [4.69, 9.17) is 14.8 Å². The second-order valence-electron chi connectivity index (χ2n) is 7.31. The van der Waals surface area contributed by atoms with Crippen molar-refractivity contribution in [3.05, 3.63) is 77.0 Å². The van der Waals surface area contributed by atoms with E-state index < -0.39 is 0 Å². The topological polar surface area (TPSA) is 52.0 Å². The van der Waals surface area contributed by atoms with E-state index in [0.29, 0.717) is 6.61 Å². The molecule has 0 spiro atoms. The first-order chi connectivity index (χ1) is 13.7. The summed E-state index contributed by atoms with van der Waals surface area (Å²) in [7, 11) is 0. The number of nitrogens with zero attached hydrogens (tertiary/aromatic N) is 3. The molecule has 0 bridgehead atoms. The Kier molecular flexibility index (Phi) is 4.01. The van der Waals surface area contributed by atoms with Crippen LogP contribution in [0.1, 0.15) is 24.0 Å². The molecule has 5 nitrogen and oxygen atoms in total. The smallest absolute Gasteiger partial charge is 0.230 e. The van der Waals surface area contributed by atoms with Gasteiger partial charge in [0.15, 0.2) is 5.82 Å². The van der Waals surface area contributed by atoms with Crippen LogP contribution >= 0.6 is 0 Å². The molecule has 0 saturated heterocycles. The monoisotopic (exact) mass is 370 g/mol. The number of fused-ring (bicyclic) bond motifs is 1. The van der Waals surface area contributed by atoms with Crippen molar-refractivity contribution in [2.45, 2.75) is 26.7 Å². The lowest BCUT2D eigenvalue weighted by Crippen LogP contribution is -2.18. The van der Waals surface area contributed by atoms with E-state index in [0.717, 1.165) is 47.3 Å². The molecule has 1 aromatic heterocycles. The summed E-state index contributed by atoms with van der Waals surface area (Å²) in [6.45, 7) is 4.66. The van der Waals surface area contributed by atoms with Gasteiger partial charge in [-0.2, -0.15) is 9.67 Å². The Bertz CT molecular complexity index is 1100. The van der Waals surface area contributed by atoms with Crippen molar-refractivity contribution in [2.24, 2.45) is 0 Å². The van der Waals surface area contributed by atoms with Crippen molar-refractivity contribution in [2.75, 3.05) is 11.9 Å². The van der Waals surface area contributed by atoms with E-state index in [1.54, 1.807) is 0 Å². The maximum atomic E-state index is 6.10. The van der Waals surface area contributed by atoms with Gasteiger partial charge in [0.05, 0.1) is 11.4 Å². The molecule has 28 heavy (non-hydrogen) atoms. The summed E-state index contributed by atoms with van der Waals surface area (Å²) in [4.78, 5) is 4.73. The van der Waals surface area contributed by atoms with Gasteiger partial charge in [0.1, 0.15) is 12.4 Å². The van der Waals surface area contributed by atoms with E-state index in [1.165, 1.54) is 16.7 Å². The zero-order valence-corrected chi connectivity index (χ0v) is 16.1. The van der Waals surface area contributed by atoms with E-state index in [9.17, 15) is 0 Å². The van der Waals surface area contributed by atoms with Gasteiger partial charge in [-0.05, 0) is 55.5 Å². The minimum atomic E-state index is 0.467. The Labute approximate surface area is 164 Å². The molecule has 5 rings (SSSR count). The summed E-state index contributed by atoms with van der Waals surface area (Å²) >= 11 is 0. The highest BCUT2D eigenvalue weighted by Gasteiger charge is 2.26. The number of aromatic nitrogens is 3. The van der Waals surface area contributed by atoms with Crippen LogP contribution in [0.3, 0.4) is 0 Å². The number of hydrogen-bond donors (Lipinski definition) is 1. The van der Waals surface area contributed by atoms with E-state index in [2.05, 4.69) is 31.3 Å². The fourth-order valence-corrected chi connectivity index (χ4v) is 3.36. The number of aryl methyl sites for hydroxylation is 1. The average molecular weight is 370 g/mol. The van der Waals surface area contributed by atoms with Gasteiger partial charge >= 0.3 is 0 Å². The zero-order chi connectivity index (χ0) is 19.1. The molecule has 1 aliphatic heterocycles. The fourth-order valence-electron chi connectivity index (χ4n) is 3.36. The van der Waals surface area contributed by atoms with Gasteiger partial charge in [0.2, 0.25) is 5.95 Å². The summed E-state index contributed by atoms with van der Waals surface area (Å²) in [5, 5.41) is 8.14. The van der Waals surface area contributed by atoms with Crippen LogP contribution in [0.15, 0.2) is 65.9 Å². The van der Waals surface area contributed by atoms with Crippen LogP contribution in [-0.2, 0) is 0 Å². The highest BCUT2D eigenvalue weighted by atomic mass is 16.5. The molecule has 1 N–H and O–H groups in total. The largest absolute Gasteiger partial charge is 0.487 e. The average Bonchev–Trinajstić information content (AvgIpc) is 3.47. The molecule has 3 aromatic rings. The lowest BCUT2D eigenvalue weighted by atomic mass is 10.1. The third-order valence-electron chi connectivity index (χ3n) is 5.25. The third kappa shape index (κ3) is 3.09. The molecule has 0 radical (unpaired) electrons. The normalized spacial score (nSPS) is 15.0. The summed E-state index contributed by atoms with van der Waals surface area (Å²) in [6, 6.07) is 16.2. The summed E-state index contributed by atoms with van der Waals surface area (Å²) in [5.74, 6) is 2.39. The first-order valence-electron chi connectivity index (χ1n) is 9.60. The van der Waals surface area contributed by atoms with Gasteiger partial charge in [-0.25, -0.2) is 0 Å². The molecule has 0 unspecified atom stereocenters. The van der Waals surface area contributed by atoms with Crippen LogP contribution in [0.4, 0.5) is 5.95 Å². The molecule has 5 heteroatoms. The molecule has 2 aromatic carbocycles. The second kappa shape index (κ2) is 6.68. The van der Waals surface area contributed by atoms with E-state index >= 15 is 0 Å². The Morgan fingerprint density at radius 1 is 1.04 bits per heavy atom. The van der Waals surface area contributed by atoms with Crippen LogP contribution in [0.2, 0.25) is 0 Å². The maximum Gasteiger partial charge on any atom is 0.230 e. The number of benzene rings is 2. The quantitative estimate of drug-likeness (QED) is 0.706. The Morgan fingerprint density at radius 2 is 1.86 bits per heavy atom. The Morgan fingerprint density at radius 3 is 2.64 bits per heavy atom. The second-order valence-corrected chi connectivity index (χ2v) is 7.31. The zero-order valence-electron chi connectivity index (χ0n) is 16.1. The number of ether oxygens (including phenoxy) is 1. The lowest BCUT2D eigenvalue weighted by molar-refractivity contribution is 0.350. The van der Waals surface area contributed by atoms with Gasteiger partial charge < -0.3 is 10.1 Å². The standard InChI is InChI=1S/C23H22N4O/c1-15-7-6-10-21(16(15)2)28-14-19-13-20(17-11-12-17)27-23(24-19)25-22(26-27)18-8-4-3-5-9-18/h3-10,13H,11-12,14H2,1-2H3,(H,24,25,26). The summed E-state index contributed by atoms with van der Waals surface area (Å²) < 4.78 is 8.02. The Hall–Kier alpha value is -3.34. The first-order valence-corrected chi connectivity index (χ1v) is 9.60. The molecule has 140 valence electrons. The van der Waals surface area contributed by atoms with Gasteiger partial charge in [0, 0.05) is 5.56 Å². The van der Waals surface area contributed by atoms with Crippen molar-refractivity contribution in [1.82, 2.24) is 14.8 Å². The van der Waals surface area contributed by atoms with Crippen LogP contribution in [0.5, 0.6) is 5.75 Å². The third-order valence-corrected chi connectivity index (χ3v) is 5.25. The van der Waals surface area contributed by atoms with E-state index in [1.807, 2.05) is 47.1 Å². The van der Waals surface area contributed by atoms with Crippen molar-refractivity contribution in [1.29, 1.82) is 0 Å². The maximum absolute atomic E-state index is 6.10. The summed E-state index contributed by atoms with van der Waals surface area (Å²) in [5.41, 5.74) is 6.96. The Balaban J connectivity index is 1.43. The molecule has 0 atom stereocenters. The molecular formula is C23H22N4O. The molecule has 2 aliphatic rings. The minimum Gasteiger partial charge on any atom is -0.487 e. The summed E-state index contributed by atoms with van der Waals surface area (Å²) in [6.07, 6.45) is 4.39. The molecule has 0 amide bonds. The van der Waals surface area contributed by atoms with Crippen LogP contribution in [0, 0.1) is 13.8 Å². The van der Waals surface area contributed by atoms with Crippen molar-refractivity contribution in [3.63, 3.8) is 0 Å². The van der Waals surface area contributed by atoms with Crippen molar-refractivity contribution >= 4 is 11.6 Å². The van der Waals surface area contributed by atoms with Crippen LogP contribution in [0.25, 0.3) is 17.1 Å². The van der Waals surface area contributed by atoms with Crippen molar-refractivity contribution < 1.29 is 4.74 Å². The van der Waals surface area contributed by atoms with E-state index in [-0.39, 0.29) is 0 Å². The predicted molar refractivity (Wildman–Crippen MR) is 111 cm³/mol. The molecule has 1 fully saturated rings. The lowest BCUT2D eigenvalue weighted by Gasteiger charge is -2.19. The van der Waals surface area contributed by atoms with Crippen LogP contribution in [-0.4, -0.2) is 21.4 Å². The molecule has 1 aliphatic carbocycles. The van der Waals surface area contributed by atoms with Gasteiger partial charge in [-0.1, -0.05) is 42.5 Å². The van der Waals surface area contributed by atoms with Gasteiger partial charge in [-0.3, -0.25) is 0 Å².